The maximum atomic E-state index is 2.43. The minimum absolute atomic E-state index is 1.14. The van der Waals surface area contributed by atoms with Gasteiger partial charge >= 0.3 is 0 Å². The summed E-state index contributed by atoms with van der Waals surface area (Å²) in [5, 5.41) is 5.03. The smallest absolute Gasteiger partial charge is 0.0547 e. The summed E-state index contributed by atoms with van der Waals surface area (Å²) in [5.41, 5.74) is 14.3. The van der Waals surface area contributed by atoms with E-state index in [-0.39, 0.29) is 0 Å². The number of rotatable bonds is 5. The molecule has 0 unspecified atom stereocenters. The molecule has 0 atom stereocenters. The standard InChI is InChI=1S/C48H32N2/c1-3-14-33(15-4-1)34-16-13-17-35(28-34)37-29-38(31-40(30-37)50-46-24-11-7-20-41(46)42-21-8-12-25-47(42)50)36-26-27-44-43-22-9-10-23-45(43)49(48(44)32-36)39-18-5-2-6-19-39/h1-32H. The molecule has 2 heteroatoms. The molecular formula is C48H32N2. The van der Waals surface area contributed by atoms with Crippen LogP contribution >= 0.6 is 0 Å². The average Bonchev–Trinajstić information content (AvgIpc) is 3.71. The van der Waals surface area contributed by atoms with Gasteiger partial charge in [-0.05, 0) is 94.0 Å². The fourth-order valence-electron chi connectivity index (χ4n) is 7.79. The molecule has 8 aromatic carbocycles. The Balaban J connectivity index is 1.24. The average molecular weight is 637 g/mol. The second-order valence-corrected chi connectivity index (χ2v) is 13.0. The van der Waals surface area contributed by atoms with Crippen LogP contribution in [0, 0.1) is 0 Å². The first-order chi connectivity index (χ1) is 24.8. The van der Waals surface area contributed by atoms with E-state index in [2.05, 4.69) is 203 Å². The van der Waals surface area contributed by atoms with Crippen molar-refractivity contribution in [3.05, 3.63) is 194 Å². The molecule has 0 bridgehead atoms. The summed E-state index contributed by atoms with van der Waals surface area (Å²) >= 11 is 0. The van der Waals surface area contributed by atoms with Gasteiger partial charge in [0.25, 0.3) is 0 Å². The molecule has 2 aromatic heterocycles. The molecule has 0 saturated carbocycles. The Kier molecular flexibility index (Phi) is 6.53. The molecule has 10 rings (SSSR count). The molecule has 0 aliphatic heterocycles. The molecule has 0 aliphatic carbocycles. The minimum Gasteiger partial charge on any atom is -0.309 e. The van der Waals surface area contributed by atoms with Crippen LogP contribution in [0.5, 0.6) is 0 Å². The van der Waals surface area contributed by atoms with Gasteiger partial charge in [-0.15, -0.1) is 0 Å². The van der Waals surface area contributed by atoms with Crippen LogP contribution in [-0.4, -0.2) is 9.13 Å². The van der Waals surface area contributed by atoms with Gasteiger partial charge in [0.2, 0.25) is 0 Å². The van der Waals surface area contributed by atoms with Gasteiger partial charge in [0.15, 0.2) is 0 Å². The van der Waals surface area contributed by atoms with Crippen molar-refractivity contribution in [2.24, 2.45) is 0 Å². The first-order valence-electron chi connectivity index (χ1n) is 17.2. The number of fused-ring (bicyclic) bond motifs is 6. The monoisotopic (exact) mass is 636 g/mol. The Morgan fingerprint density at radius 3 is 1.24 bits per heavy atom. The first-order valence-corrected chi connectivity index (χ1v) is 17.2. The van der Waals surface area contributed by atoms with Crippen molar-refractivity contribution in [1.29, 1.82) is 0 Å². The fourth-order valence-corrected chi connectivity index (χ4v) is 7.79. The van der Waals surface area contributed by atoms with Crippen LogP contribution in [0.2, 0.25) is 0 Å². The zero-order chi connectivity index (χ0) is 33.0. The lowest BCUT2D eigenvalue weighted by molar-refractivity contribution is 1.18. The lowest BCUT2D eigenvalue weighted by Crippen LogP contribution is -1.96. The fraction of sp³-hybridized carbons (Fsp3) is 0. The predicted octanol–water partition coefficient (Wildman–Crippen LogP) is 12.9. The molecule has 0 N–H and O–H groups in total. The van der Waals surface area contributed by atoms with E-state index in [1.165, 1.54) is 77.0 Å². The third-order valence-corrected chi connectivity index (χ3v) is 10.1. The second kappa shape index (κ2) is 11.5. The van der Waals surface area contributed by atoms with Crippen LogP contribution in [0.25, 0.3) is 88.4 Å². The van der Waals surface area contributed by atoms with Gasteiger partial charge in [-0.3, -0.25) is 0 Å². The number of benzene rings is 8. The number of aromatic nitrogens is 2. The van der Waals surface area contributed by atoms with Crippen molar-refractivity contribution in [2.75, 3.05) is 0 Å². The molecule has 0 aliphatic rings. The lowest BCUT2D eigenvalue weighted by atomic mass is 9.95. The Bertz CT molecular complexity index is 2800. The second-order valence-electron chi connectivity index (χ2n) is 13.0. The van der Waals surface area contributed by atoms with Crippen LogP contribution in [0.15, 0.2) is 194 Å². The van der Waals surface area contributed by atoms with Gasteiger partial charge in [0.1, 0.15) is 0 Å². The highest BCUT2D eigenvalue weighted by Crippen LogP contribution is 2.39. The van der Waals surface area contributed by atoms with Crippen molar-refractivity contribution >= 4 is 43.6 Å². The summed E-state index contributed by atoms with van der Waals surface area (Å²) in [4.78, 5) is 0. The Labute approximate surface area is 290 Å². The van der Waals surface area contributed by atoms with E-state index in [1.54, 1.807) is 0 Å². The van der Waals surface area contributed by atoms with E-state index < -0.39 is 0 Å². The van der Waals surface area contributed by atoms with E-state index in [4.69, 9.17) is 0 Å². The summed E-state index contributed by atoms with van der Waals surface area (Å²) in [5.74, 6) is 0. The van der Waals surface area contributed by atoms with E-state index in [0.29, 0.717) is 0 Å². The quantitative estimate of drug-likeness (QED) is 0.178. The molecule has 0 spiro atoms. The van der Waals surface area contributed by atoms with Crippen molar-refractivity contribution < 1.29 is 0 Å². The van der Waals surface area contributed by atoms with Gasteiger partial charge in [0, 0.05) is 32.9 Å². The third-order valence-electron chi connectivity index (χ3n) is 10.1. The van der Waals surface area contributed by atoms with Crippen LogP contribution in [0.1, 0.15) is 0 Å². The third kappa shape index (κ3) is 4.57. The molecule has 0 amide bonds. The normalized spacial score (nSPS) is 11.6. The van der Waals surface area contributed by atoms with E-state index >= 15 is 0 Å². The maximum Gasteiger partial charge on any atom is 0.0547 e. The topological polar surface area (TPSA) is 9.86 Å². The van der Waals surface area contributed by atoms with Crippen molar-refractivity contribution in [2.45, 2.75) is 0 Å². The Morgan fingerprint density at radius 2 is 0.640 bits per heavy atom. The molecule has 0 saturated heterocycles. The van der Waals surface area contributed by atoms with Gasteiger partial charge in [-0.2, -0.15) is 0 Å². The highest BCUT2D eigenvalue weighted by atomic mass is 15.0. The zero-order valence-corrected chi connectivity index (χ0v) is 27.4. The van der Waals surface area contributed by atoms with Gasteiger partial charge < -0.3 is 9.13 Å². The Morgan fingerprint density at radius 1 is 0.220 bits per heavy atom. The van der Waals surface area contributed by atoms with Crippen molar-refractivity contribution in [1.82, 2.24) is 9.13 Å². The van der Waals surface area contributed by atoms with Crippen LogP contribution in [-0.2, 0) is 0 Å². The summed E-state index contributed by atoms with van der Waals surface area (Å²) in [6.45, 7) is 0. The van der Waals surface area contributed by atoms with Gasteiger partial charge in [-0.1, -0.05) is 133 Å². The highest BCUT2D eigenvalue weighted by molar-refractivity contribution is 6.11. The predicted molar refractivity (Wildman–Crippen MR) is 211 cm³/mol. The van der Waals surface area contributed by atoms with E-state index in [0.717, 1.165) is 11.4 Å². The van der Waals surface area contributed by atoms with E-state index in [1.807, 2.05) is 0 Å². The number of nitrogens with zero attached hydrogens (tertiary/aromatic N) is 2. The molecule has 10 aromatic rings. The van der Waals surface area contributed by atoms with Crippen LogP contribution < -0.4 is 0 Å². The van der Waals surface area contributed by atoms with Gasteiger partial charge in [0.05, 0.1) is 22.1 Å². The first kappa shape index (κ1) is 28.4. The minimum atomic E-state index is 1.14. The molecule has 2 heterocycles. The molecule has 50 heavy (non-hydrogen) atoms. The molecule has 0 radical (unpaired) electrons. The summed E-state index contributed by atoms with van der Waals surface area (Å²) in [7, 11) is 0. The number of hydrogen-bond donors (Lipinski definition) is 0. The summed E-state index contributed by atoms with van der Waals surface area (Å²) < 4.78 is 4.83. The molecule has 234 valence electrons. The zero-order valence-electron chi connectivity index (χ0n) is 27.4. The SMILES string of the molecule is c1ccc(-c2cccc(-c3cc(-c4ccc5c6ccccc6n(-c6ccccc6)c5c4)cc(-n4c5ccccc5c5ccccc54)c3)c2)cc1. The lowest BCUT2D eigenvalue weighted by Gasteiger charge is -2.15. The Hall–Kier alpha value is -6.64. The maximum absolute atomic E-state index is 2.43. The van der Waals surface area contributed by atoms with Crippen LogP contribution in [0.3, 0.4) is 0 Å². The van der Waals surface area contributed by atoms with Gasteiger partial charge in [-0.25, -0.2) is 0 Å². The molecular weight excluding hydrogens is 605 g/mol. The van der Waals surface area contributed by atoms with Crippen molar-refractivity contribution in [3.8, 4) is 44.8 Å². The number of hydrogen-bond acceptors (Lipinski definition) is 0. The molecule has 2 nitrogen and oxygen atoms in total. The van der Waals surface area contributed by atoms with Crippen molar-refractivity contribution in [3.63, 3.8) is 0 Å². The highest BCUT2D eigenvalue weighted by Gasteiger charge is 2.17. The van der Waals surface area contributed by atoms with E-state index in [9.17, 15) is 0 Å². The summed E-state index contributed by atoms with van der Waals surface area (Å²) in [6.07, 6.45) is 0. The van der Waals surface area contributed by atoms with Crippen LogP contribution in [0.4, 0.5) is 0 Å². The summed E-state index contributed by atoms with van der Waals surface area (Å²) in [6, 6.07) is 70.5. The largest absolute Gasteiger partial charge is 0.309 e. The molecule has 0 fully saturated rings. The number of para-hydroxylation sites is 4.